The minimum atomic E-state index is -0.0574. The lowest BCUT2D eigenvalue weighted by Crippen LogP contribution is -2.26. The Labute approximate surface area is 133 Å². The van der Waals surface area contributed by atoms with Gasteiger partial charge in [-0.05, 0) is 60.1 Å². The standard InChI is InChI=1S/C17H18BrNO2/c1-12(2)21-16-10-9-13(11-15(16)18)17(20)19(3)14-7-5-4-6-8-14/h4-12H,1-3H3. The minimum absolute atomic E-state index is 0.0574. The van der Waals surface area contributed by atoms with E-state index in [1.54, 1.807) is 24.1 Å². The van der Waals surface area contributed by atoms with E-state index in [9.17, 15) is 4.79 Å². The number of hydrogen-bond acceptors (Lipinski definition) is 2. The molecule has 0 N–H and O–H groups in total. The largest absolute Gasteiger partial charge is 0.490 e. The SMILES string of the molecule is CC(C)Oc1ccc(C(=O)N(C)c2ccccc2)cc1Br. The van der Waals surface area contributed by atoms with Crippen LogP contribution in [0.1, 0.15) is 24.2 Å². The average Bonchev–Trinajstić information content (AvgIpc) is 2.48. The van der Waals surface area contributed by atoms with E-state index in [-0.39, 0.29) is 12.0 Å². The molecular weight excluding hydrogens is 330 g/mol. The molecule has 2 aromatic carbocycles. The summed E-state index contributed by atoms with van der Waals surface area (Å²) in [6.07, 6.45) is 0.0924. The van der Waals surface area contributed by atoms with Crippen LogP contribution in [0.15, 0.2) is 53.0 Å². The van der Waals surface area contributed by atoms with Gasteiger partial charge in [0, 0.05) is 18.3 Å². The van der Waals surface area contributed by atoms with Crippen molar-refractivity contribution >= 4 is 27.5 Å². The molecule has 0 aromatic heterocycles. The molecule has 4 heteroatoms. The van der Waals surface area contributed by atoms with E-state index in [0.717, 1.165) is 15.9 Å². The maximum absolute atomic E-state index is 12.5. The molecule has 0 saturated heterocycles. The van der Waals surface area contributed by atoms with Crippen LogP contribution < -0.4 is 9.64 Å². The Bertz CT molecular complexity index is 626. The fourth-order valence-electron chi connectivity index (χ4n) is 1.95. The van der Waals surface area contributed by atoms with E-state index >= 15 is 0 Å². The molecule has 2 aromatic rings. The highest BCUT2D eigenvalue weighted by Crippen LogP contribution is 2.28. The van der Waals surface area contributed by atoms with Crippen LogP contribution in [0.3, 0.4) is 0 Å². The number of ether oxygens (including phenoxy) is 1. The molecule has 0 radical (unpaired) electrons. The molecule has 110 valence electrons. The second-order valence-electron chi connectivity index (χ2n) is 5.01. The first-order valence-electron chi connectivity index (χ1n) is 6.78. The highest BCUT2D eigenvalue weighted by atomic mass is 79.9. The van der Waals surface area contributed by atoms with Gasteiger partial charge in [0.25, 0.3) is 5.91 Å². The lowest BCUT2D eigenvalue weighted by atomic mass is 10.2. The summed E-state index contributed by atoms with van der Waals surface area (Å²) in [6.45, 7) is 3.93. The number of anilines is 1. The molecule has 2 rings (SSSR count). The minimum Gasteiger partial charge on any atom is -0.490 e. The number of carbonyl (C=O) groups excluding carboxylic acids is 1. The third-order valence-electron chi connectivity index (χ3n) is 2.99. The number of para-hydroxylation sites is 1. The Kier molecular flexibility index (Phi) is 5.02. The zero-order valence-corrected chi connectivity index (χ0v) is 13.9. The van der Waals surface area contributed by atoms with Crippen molar-refractivity contribution in [1.82, 2.24) is 0 Å². The van der Waals surface area contributed by atoms with Crippen molar-refractivity contribution in [2.75, 3.05) is 11.9 Å². The van der Waals surface area contributed by atoms with Crippen LogP contribution in [-0.4, -0.2) is 19.1 Å². The van der Waals surface area contributed by atoms with Crippen molar-refractivity contribution in [1.29, 1.82) is 0 Å². The Hall–Kier alpha value is -1.81. The third-order valence-corrected chi connectivity index (χ3v) is 3.61. The number of rotatable bonds is 4. The molecule has 0 saturated carbocycles. The number of nitrogens with zero attached hydrogens (tertiary/aromatic N) is 1. The van der Waals surface area contributed by atoms with Crippen molar-refractivity contribution in [3.05, 3.63) is 58.6 Å². The third kappa shape index (κ3) is 3.85. The number of carbonyl (C=O) groups is 1. The van der Waals surface area contributed by atoms with E-state index in [1.807, 2.05) is 50.2 Å². The fourth-order valence-corrected chi connectivity index (χ4v) is 2.42. The summed E-state index contributed by atoms with van der Waals surface area (Å²) < 4.78 is 6.43. The van der Waals surface area contributed by atoms with Gasteiger partial charge in [0.15, 0.2) is 0 Å². The van der Waals surface area contributed by atoms with Gasteiger partial charge in [-0.3, -0.25) is 4.79 Å². The molecule has 0 bridgehead atoms. The van der Waals surface area contributed by atoms with Gasteiger partial charge in [-0.15, -0.1) is 0 Å². The van der Waals surface area contributed by atoms with E-state index in [1.165, 1.54) is 0 Å². The smallest absolute Gasteiger partial charge is 0.258 e. The zero-order valence-electron chi connectivity index (χ0n) is 12.3. The zero-order chi connectivity index (χ0) is 15.4. The molecule has 0 aliphatic rings. The second-order valence-corrected chi connectivity index (χ2v) is 5.87. The van der Waals surface area contributed by atoms with Crippen molar-refractivity contribution in [3.63, 3.8) is 0 Å². The monoisotopic (exact) mass is 347 g/mol. The number of halogens is 1. The average molecular weight is 348 g/mol. The normalized spacial score (nSPS) is 10.5. The van der Waals surface area contributed by atoms with Gasteiger partial charge in [-0.25, -0.2) is 0 Å². The van der Waals surface area contributed by atoms with Crippen molar-refractivity contribution < 1.29 is 9.53 Å². The number of hydrogen-bond donors (Lipinski definition) is 0. The van der Waals surface area contributed by atoms with E-state index in [2.05, 4.69) is 15.9 Å². The van der Waals surface area contributed by atoms with Gasteiger partial charge in [0.05, 0.1) is 10.6 Å². The topological polar surface area (TPSA) is 29.5 Å². The van der Waals surface area contributed by atoms with Crippen molar-refractivity contribution in [2.24, 2.45) is 0 Å². The van der Waals surface area contributed by atoms with Crippen LogP contribution >= 0.6 is 15.9 Å². The van der Waals surface area contributed by atoms with Gasteiger partial charge in [-0.2, -0.15) is 0 Å². The first kappa shape index (κ1) is 15.6. The maximum Gasteiger partial charge on any atom is 0.258 e. The second kappa shape index (κ2) is 6.76. The first-order valence-corrected chi connectivity index (χ1v) is 7.57. The molecule has 21 heavy (non-hydrogen) atoms. The summed E-state index contributed by atoms with van der Waals surface area (Å²) in [5.74, 6) is 0.682. The summed E-state index contributed by atoms with van der Waals surface area (Å²) in [5, 5.41) is 0. The van der Waals surface area contributed by atoms with Crippen LogP contribution in [0.2, 0.25) is 0 Å². The van der Waals surface area contributed by atoms with Crippen molar-refractivity contribution in [3.8, 4) is 5.75 Å². The van der Waals surface area contributed by atoms with E-state index < -0.39 is 0 Å². The number of benzene rings is 2. The van der Waals surface area contributed by atoms with Gasteiger partial charge in [-0.1, -0.05) is 18.2 Å². The predicted octanol–water partition coefficient (Wildman–Crippen LogP) is 4.51. The van der Waals surface area contributed by atoms with Crippen LogP contribution in [0.5, 0.6) is 5.75 Å². The molecule has 0 unspecified atom stereocenters. The molecule has 0 aliphatic carbocycles. The maximum atomic E-state index is 12.5. The molecule has 0 atom stereocenters. The van der Waals surface area contributed by atoms with Crippen LogP contribution in [0, 0.1) is 0 Å². The summed E-state index contributed by atoms with van der Waals surface area (Å²) in [4.78, 5) is 14.1. The Morgan fingerprint density at radius 3 is 2.38 bits per heavy atom. The van der Waals surface area contributed by atoms with Crippen LogP contribution in [0.25, 0.3) is 0 Å². The highest BCUT2D eigenvalue weighted by molar-refractivity contribution is 9.10. The molecule has 3 nitrogen and oxygen atoms in total. The Morgan fingerprint density at radius 1 is 1.14 bits per heavy atom. The summed E-state index contributed by atoms with van der Waals surface area (Å²) in [5.41, 5.74) is 1.48. The lowest BCUT2D eigenvalue weighted by molar-refractivity contribution is 0.0993. The Balaban J connectivity index is 2.22. The first-order chi connectivity index (χ1) is 9.99. The summed E-state index contributed by atoms with van der Waals surface area (Å²) in [7, 11) is 1.77. The van der Waals surface area contributed by atoms with Gasteiger partial charge in [0.2, 0.25) is 0 Å². The number of amides is 1. The molecular formula is C17H18BrNO2. The molecule has 0 heterocycles. The van der Waals surface area contributed by atoms with Gasteiger partial charge < -0.3 is 9.64 Å². The van der Waals surface area contributed by atoms with Gasteiger partial charge in [0.1, 0.15) is 5.75 Å². The van der Waals surface area contributed by atoms with Crippen LogP contribution in [0.4, 0.5) is 5.69 Å². The molecule has 0 fully saturated rings. The quantitative estimate of drug-likeness (QED) is 0.813. The molecule has 0 aliphatic heterocycles. The highest BCUT2D eigenvalue weighted by Gasteiger charge is 2.15. The van der Waals surface area contributed by atoms with E-state index in [4.69, 9.17) is 4.74 Å². The molecule has 1 amide bonds. The summed E-state index contributed by atoms with van der Waals surface area (Å²) in [6, 6.07) is 15.0. The predicted molar refractivity (Wildman–Crippen MR) is 89.1 cm³/mol. The Morgan fingerprint density at radius 2 is 1.81 bits per heavy atom. The fraction of sp³-hybridized carbons (Fsp3) is 0.235. The van der Waals surface area contributed by atoms with Gasteiger partial charge >= 0.3 is 0 Å². The van der Waals surface area contributed by atoms with Crippen molar-refractivity contribution in [2.45, 2.75) is 20.0 Å². The van der Waals surface area contributed by atoms with Crippen LogP contribution in [-0.2, 0) is 0 Å². The summed E-state index contributed by atoms with van der Waals surface area (Å²) >= 11 is 3.45. The molecule has 0 spiro atoms. The lowest BCUT2D eigenvalue weighted by Gasteiger charge is -2.18. The van der Waals surface area contributed by atoms with E-state index in [0.29, 0.717) is 5.56 Å².